The molecule has 0 saturated heterocycles. The van der Waals surface area contributed by atoms with Gasteiger partial charge in [-0.3, -0.25) is 4.98 Å². The molecule has 0 N–H and O–H groups in total. The summed E-state index contributed by atoms with van der Waals surface area (Å²) in [4.78, 5) is 15.5. The second-order valence-corrected chi connectivity index (χ2v) is 4.51. The standard InChI is InChI=1S/C17H17NO3/c1-12(9-17(19)21-3)13-6-7-16(20-2)15(10-13)14-5-4-8-18-11-14/h4-11H,1-3H3/b12-9+. The van der Waals surface area contributed by atoms with Crippen molar-refractivity contribution >= 4 is 11.5 Å². The Morgan fingerprint density at radius 2 is 2.05 bits per heavy atom. The van der Waals surface area contributed by atoms with E-state index in [9.17, 15) is 4.79 Å². The fraction of sp³-hybridized carbons (Fsp3) is 0.176. The second-order valence-electron chi connectivity index (χ2n) is 4.51. The molecule has 1 aromatic carbocycles. The lowest BCUT2D eigenvalue weighted by Crippen LogP contribution is -1.96. The van der Waals surface area contributed by atoms with Crippen LogP contribution in [-0.2, 0) is 9.53 Å². The fourth-order valence-corrected chi connectivity index (χ4v) is 2.02. The number of benzene rings is 1. The van der Waals surface area contributed by atoms with Crippen LogP contribution in [0.15, 0.2) is 48.8 Å². The number of hydrogen-bond donors (Lipinski definition) is 0. The first-order valence-corrected chi connectivity index (χ1v) is 6.50. The molecule has 0 aliphatic heterocycles. The number of esters is 1. The molecule has 1 aromatic heterocycles. The van der Waals surface area contributed by atoms with Crippen LogP contribution < -0.4 is 4.74 Å². The van der Waals surface area contributed by atoms with Gasteiger partial charge in [0.15, 0.2) is 0 Å². The molecule has 1 heterocycles. The number of carbonyl (C=O) groups is 1. The summed E-state index contributed by atoms with van der Waals surface area (Å²) in [5, 5.41) is 0. The summed E-state index contributed by atoms with van der Waals surface area (Å²) in [7, 11) is 2.99. The Kier molecular flexibility index (Phi) is 4.72. The van der Waals surface area contributed by atoms with Crippen LogP contribution in [-0.4, -0.2) is 25.2 Å². The van der Waals surface area contributed by atoms with Crippen molar-refractivity contribution in [3.05, 3.63) is 54.4 Å². The number of nitrogens with zero attached hydrogens (tertiary/aromatic N) is 1. The van der Waals surface area contributed by atoms with E-state index < -0.39 is 0 Å². The van der Waals surface area contributed by atoms with Crippen molar-refractivity contribution in [2.24, 2.45) is 0 Å². The zero-order valence-corrected chi connectivity index (χ0v) is 12.3. The number of rotatable bonds is 4. The van der Waals surface area contributed by atoms with E-state index in [1.807, 2.05) is 37.3 Å². The minimum atomic E-state index is -0.369. The quantitative estimate of drug-likeness (QED) is 0.638. The highest BCUT2D eigenvalue weighted by Crippen LogP contribution is 2.32. The van der Waals surface area contributed by atoms with Crippen LogP contribution in [0.25, 0.3) is 16.7 Å². The maximum atomic E-state index is 11.3. The molecule has 0 bridgehead atoms. The SMILES string of the molecule is COC(=O)/C=C(\C)c1ccc(OC)c(-c2cccnc2)c1. The summed E-state index contributed by atoms with van der Waals surface area (Å²) in [5.41, 5.74) is 3.65. The van der Waals surface area contributed by atoms with Gasteiger partial charge < -0.3 is 9.47 Å². The Morgan fingerprint density at radius 1 is 1.24 bits per heavy atom. The van der Waals surface area contributed by atoms with Crippen molar-refractivity contribution in [1.82, 2.24) is 4.98 Å². The molecule has 0 unspecified atom stereocenters. The predicted molar refractivity (Wildman–Crippen MR) is 81.9 cm³/mol. The number of hydrogen-bond acceptors (Lipinski definition) is 4. The van der Waals surface area contributed by atoms with Crippen LogP contribution in [0.4, 0.5) is 0 Å². The van der Waals surface area contributed by atoms with E-state index in [0.717, 1.165) is 28.0 Å². The number of ether oxygens (including phenoxy) is 2. The van der Waals surface area contributed by atoms with Crippen molar-refractivity contribution in [2.45, 2.75) is 6.92 Å². The van der Waals surface area contributed by atoms with Crippen LogP contribution >= 0.6 is 0 Å². The Morgan fingerprint density at radius 3 is 2.67 bits per heavy atom. The summed E-state index contributed by atoms with van der Waals surface area (Å²) in [6.07, 6.45) is 4.97. The van der Waals surface area contributed by atoms with Crippen LogP contribution in [0.1, 0.15) is 12.5 Å². The largest absolute Gasteiger partial charge is 0.496 e. The average Bonchev–Trinajstić information content (AvgIpc) is 2.54. The monoisotopic (exact) mass is 283 g/mol. The van der Waals surface area contributed by atoms with E-state index in [1.54, 1.807) is 19.5 Å². The number of pyridine rings is 1. The summed E-state index contributed by atoms with van der Waals surface area (Å²) < 4.78 is 10.0. The first-order valence-electron chi connectivity index (χ1n) is 6.50. The third-order valence-corrected chi connectivity index (χ3v) is 3.16. The Balaban J connectivity index is 2.48. The van der Waals surface area contributed by atoms with E-state index >= 15 is 0 Å². The van der Waals surface area contributed by atoms with Gasteiger partial charge in [0.1, 0.15) is 5.75 Å². The number of allylic oxidation sites excluding steroid dienone is 1. The highest BCUT2D eigenvalue weighted by atomic mass is 16.5. The molecule has 4 nitrogen and oxygen atoms in total. The lowest BCUT2D eigenvalue weighted by Gasteiger charge is -2.11. The average molecular weight is 283 g/mol. The molecule has 2 rings (SSSR count). The fourth-order valence-electron chi connectivity index (χ4n) is 2.02. The van der Waals surface area contributed by atoms with Crippen LogP contribution in [0.3, 0.4) is 0 Å². The van der Waals surface area contributed by atoms with Crippen molar-refractivity contribution < 1.29 is 14.3 Å². The van der Waals surface area contributed by atoms with E-state index in [2.05, 4.69) is 9.72 Å². The number of aromatic nitrogens is 1. The van der Waals surface area contributed by atoms with E-state index in [1.165, 1.54) is 13.2 Å². The van der Waals surface area contributed by atoms with Crippen LogP contribution in [0, 0.1) is 0 Å². The molecular formula is C17H17NO3. The van der Waals surface area contributed by atoms with E-state index in [-0.39, 0.29) is 5.97 Å². The van der Waals surface area contributed by atoms with Gasteiger partial charge in [-0.15, -0.1) is 0 Å². The predicted octanol–water partition coefficient (Wildman–Crippen LogP) is 3.33. The molecule has 21 heavy (non-hydrogen) atoms. The van der Waals surface area contributed by atoms with Crippen molar-refractivity contribution in [2.75, 3.05) is 14.2 Å². The maximum absolute atomic E-state index is 11.3. The van der Waals surface area contributed by atoms with Gasteiger partial charge in [-0.2, -0.15) is 0 Å². The molecule has 0 saturated carbocycles. The zero-order chi connectivity index (χ0) is 15.2. The molecule has 0 fully saturated rings. The Bertz CT molecular complexity index is 663. The van der Waals surface area contributed by atoms with Gasteiger partial charge in [-0.1, -0.05) is 12.1 Å². The van der Waals surface area contributed by atoms with Crippen molar-refractivity contribution in [3.63, 3.8) is 0 Å². The summed E-state index contributed by atoms with van der Waals surface area (Å²) >= 11 is 0. The third-order valence-electron chi connectivity index (χ3n) is 3.16. The smallest absolute Gasteiger partial charge is 0.330 e. The molecule has 0 amide bonds. The summed E-state index contributed by atoms with van der Waals surface area (Å²) in [5.74, 6) is 0.392. The van der Waals surface area contributed by atoms with Crippen molar-refractivity contribution in [1.29, 1.82) is 0 Å². The van der Waals surface area contributed by atoms with E-state index in [0.29, 0.717) is 0 Å². The molecule has 2 aromatic rings. The van der Waals surface area contributed by atoms with Gasteiger partial charge in [0, 0.05) is 29.6 Å². The van der Waals surface area contributed by atoms with Gasteiger partial charge in [0.2, 0.25) is 0 Å². The number of carbonyl (C=O) groups excluding carboxylic acids is 1. The highest BCUT2D eigenvalue weighted by molar-refractivity contribution is 5.91. The van der Waals surface area contributed by atoms with Gasteiger partial charge in [-0.05, 0) is 36.3 Å². The lowest BCUT2D eigenvalue weighted by atomic mass is 9.99. The molecule has 0 radical (unpaired) electrons. The van der Waals surface area contributed by atoms with Crippen LogP contribution in [0.2, 0.25) is 0 Å². The van der Waals surface area contributed by atoms with Crippen LogP contribution in [0.5, 0.6) is 5.75 Å². The van der Waals surface area contributed by atoms with Gasteiger partial charge >= 0.3 is 5.97 Å². The van der Waals surface area contributed by atoms with Gasteiger partial charge in [-0.25, -0.2) is 4.79 Å². The molecule has 0 aliphatic carbocycles. The molecule has 108 valence electrons. The third kappa shape index (κ3) is 3.48. The molecule has 0 atom stereocenters. The minimum absolute atomic E-state index is 0.369. The summed E-state index contributed by atoms with van der Waals surface area (Å²) in [6, 6.07) is 9.61. The number of methoxy groups -OCH3 is 2. The molecular weight excluding hydrogens is 266 g/mol. The van der Waals surface area contributed by atoms with E-state index in [4.69, 9.17) is 4.74 Å². The topological polar surface area (TPSA) is 48.4 Å². The Hall–Kier alpha value is -2.62. The molecule has 0 aliphatic rings. The zero-order valence-electron chi connectivity index (χ0n) is 12.3. The first kappa shape index (κ1) is 14.8. The van der Waals surface area contributed by atoms with Gasteiger partial charge in [0.25, 0.3) is 0 Å². The maximum Gasteiger partial charge on any atom is 0.330 e. The molecule has 4 heteroatoms. The Labute approximate surface area is 124 Å². The summed E-state index contributed by atoms with van der Waals surface area (Å²) in [6.45, 7) is 1.87. The second kappa shape index (κ2) is 6.70. The molecule has 0 spiro atoms. The minimum Gasteiger partial charge on any atom is -0.496 e. The van der Waals surface area contributed by atoms with Gasteiger partial charge in [0.05, 0.1) is 14.2 Å². The van der Waals surface area contributed by atoms with Crippen molar-refractivity contribution in [3.8, 4) is 16.9 Å². The highest BCUT2D eigenvalue weighted by Gasteiger charge is 2.09. The first-order chi connectivity index (χ1) is 10.2. The lowest BCUT2D eigenvalue weighted by molar-refractivity contribution is -0.134. The normalized spacial score (nSPS) is 11.1.